The zero-order chi connectivity index (χ0) is 13.1. The quantitative estimate of drug-likeness (QED) is 0.856. The molecule has 0 aliphatic carbocycles. The number of ether oxygens (including phenoxy) is 1. The predicted octanol–water partition coefficient (Wildman–Crippen LogP) is 1.24. The molecule has 0 radical (unpaired) electrons. The predicted molar refractivity (Wildman–Crippen MR) is 70.1 cm³/mol. The zero-order valence-electron chi connectivity index (χ0n) is 10.9. The van der Waals surface area contributed by atoms with Gasteiger partial charge in [-0.05, 0) is 25.0 Å². The molecule has 18 heavy (non-hydrogen) atoms. The molecule has 1 fully saturated rings. The van der Waals surface area contributed by atoms with Gasteiger partial charge in [0.15, 0.2) is 0 Å². The summed E-state index contributed by atoms with van der Waals surface area (Å²) in [7, 11) is 0. The van der Waals surface area contributed by atoms with Crippen LogP contribution >= 0.6 is 0 Å². The zero-order valence-corrected chi connectivity index (χ0v) is 10.9. The van der Waals surface area contributed by atoms with E-state index in [1.165, 1.54) is 5.56 Å². The minimum atomic E-state index is -0.0436. The van der Waals surface area contributed by atoms with E-state index in [0.29, 0.717) is 13.2 Å². The Morgan fingerprint density at radius 3 is 2.89 bits per heavy atom. The third kappa shape index (κ3) is 2.54. The van der Waals surface area contributed by atoms with Gasteiger partial charge in [-0.15, -0.1) is 0 Å². The lowest BCUT2D eigenvalue weighted by Crippen LogP contribution is -2.50. The maximum Gasteiger partial charge on any atom is 0.236 e. The fourth-order valence-electron chi connectivity index (χ4n) is 2.36. The molecule has 1 saturated heterocycles. The number of amides is 1. The lowest BCUT2D eigenvalue weighted by Gasteiger charge is -2.38. The van der Waals surface area contributed by atoms with Crippen molar-refractivity contribution in [2.24, 2.45) is 5.73 Å². The van der Waals surface area contributed by atoms with Gasteiger partial charge in [0.2, 0.25) is 5.91 Å². The van der Waals surface area contributed by atoms with Crippen LogP contribution in [-0.4, -0.2) is 36.5 Å². The van der Waals surface area contributed by atoms with Crippen molar-refractivity contribution < 1.29 is 9.53 Å². The van der Waals surface area contributed by atoms with E-state index >= 15 is 0 Å². The van der Waals surface area contributed by atoms with Crippen molar-refractivity contribution in [3.8, 4) is 0 Å². The second-order valence-electron chi connectivity index (χ2n) is 4.78. The Balaban J connectivity index is 2.17. The van der Waals surface area contributed by atoms with Crippen LogP contribution in [0.4, 0.5) is 0 Å². The normalized spacial score (nSPS) is 24.1. The van der Waals surface area contributed by atoms with E-state index in [2.05, 4.69) is 19.1 Å². The molecule has 2 atom stereocenters. The van der Waals surface area contributed by atoms with Gasteiger partial charge in [0.25, 0.3) is 0 Å². The van der Waals surface area contributed by atoms with Crippen LogP contribution in [0.3, 0.4) is 0 Å². The number of nitrogens with zero attached hydrogens (tertiary/aromatic N) is 1. The number of carbonyl (C=O) groups is 1. The molecule has 0 aromatic heterocycles. The lowest BCUT2D eigenvalue weighted by atomic mass is 10.0. The highest BCUT2D eigenvalue weighted by Crippen LogP contribution is 2.26. The molecular weight excluding hydrogens is 228 g/mol. The third-order valence-corrected chi connectivity index (χ3v) is 3.46. The van der Waals surface area contributed by atoms with E-state index < -0.39 is 0 Å². The van der Waals surface area contributed by atoms with Crippen molar-refractivity contribution in [1.82, 2.24) is 4.90 Å². The molecule has 98 valence electrons. The highest BCUT2D eigenvalue weighted by Gasteiger charge is 2.30. The molecule has 2 N–H and O–H groups in total. The number of carbonyl (C=O) groups excluding carboxylic acids is 1. The van der Waals surface area contributed by atoms with Crippen molar-refractivity contribution in [2.75, 3.05) is 19.7 Å². The van der Waals surface area contributed by atoms with Gasteiger partial charge in [-0.25, -0.2) is 0 Å². The van der Waals surface area contributed by atoms with Gasteiger partial charge in [0.1, 0.15) is 6.10 Å². The SMILES string of the molecule is Cc1ccccc1[C@@H]1CN(C(=O)CN)[C@H](C)CO1. The van der Waals surface area contributed by atoms with E-state index in [0.717, 1.165) is 5.56 Å². The van der Waals surface area contributed by atoms with Crippen LogP contribution in [0.25, 0.3) is 0 Å². The fourth-order valence-corrected chi connectivity index (χ4v) is 2.36. The van der Waals surface area contributed by atoms with Gasteiger partial charge >= 0.3 is 0 Å². The topological polar surface area (TPSA) is 55.6 Å². The Hall–Kier alpha value is -1.39. The summed E-state index contributed by atoms with van der Waals surface area (Å²) in [4.78, 5) is 13.6. The van der Waals surface area contributed by atoms with Crippen molar-refractivity contribution in [3.63, 3.8) is 0 Å². The first-order valence-corrected chi connectivity index (χ1v) is 6.30. The number of rotatable bonds is 2. The highest BCUT2D eigenvalue weighted by molar-refractivity contribution is 5.78. The highest BCUT2D eigenvalue weighted by atomic mass is 16.5. The molecule has 1 aromatic rings. The average Bonchev–Trinajstić information content (AvgIpc) is 2.39. The molecule has 1 aromatic carbocycles. The van der Waals surface area contributed by atoms with Crippen LogP contribution in [0.5, 0.6) is 0 Å². The maximum atomic E-state index is 11.8. The molecule has 1 aliphatic rings. The summed E-state index contributed by atoms with van der Waals surface area (Å²) in [6, 6.07) is 8.22. The summed E-state index contributed by atoms with van der Waals surface area (Å²) in [5.41, 5.74) is 7.79. The van der Waals surface area contributed by atoms with Crippen molar-refractivity contribution in [3.05, 3.63) is 35.4 Å². The minimum absolute atomic E-state index is 0.00983. The van der Waals surface area contributed by atoms with Crippen LogP contribution < -0.4 is 5.73 Å². The summed E-state index contributed by atoms with van der Waals surface area (Å²) in [6.07, 6.45) is -0.0436. The second kappa shape index (κ2) is 5.50. The number of hydrogen-bond acceptors (Lipinski definition) is 3. The fraction of sp³-hybridized carbons (Fsp3) is 0.500. The summed E-state index contributed by atoms with van der Waals surface area (Å²) in [5.74, 6) is -0.00983. The third-order valence-electron chi connectivity index (χ3n) is 3.46. The molecule has 1 aliphatic heterocycles. The van der Waals surface area contributed by atoms with E-state index in [1.54, 1.807) is 0 Å². The molecule has 0 bridgehead atoms. The molecular formula is C14H20N2O2. The average molecular weight is 248 g/mol. The standard InChI is InChI=1S/C14H20N2O2/c1-10-5-3-4-6-12(10)13-8-16(14(17)7-15)11(2)9-18-13/h3-6,11,13H,7-9,15H2,1-2H3/t11-,13+/m1/s1. The summed E-state index contributed by atoms with van der Waals surface area (Å²) < 4.78 is 5.85. The molecule has 4 heteroatoms. The number of morpholine rings is 1. The van der Waals surface area contributed by atoms with Gasteiger partial charge in [-0.2, -0.15) is 0 Å². The minimum Gasteiger partial charge on any atom is -0.370 e. The largest absolute Gasteiger partial charge is 0.370 e. The monoisotopic (exact) mass is 248 g/mol. The molecule has 2 rings (SSSR count). The number of nitrogens with two attached hydrogens (primary N) is 1. The number of aryl methyl sites for hydroxylation is 1. The second-order valence-corrected chi connectivity index (χ2v) is 4.78. The van der Waals surface area contributed by atoms with Crippen LogP contribution in [-0.2, 0) is 9.53 Å². The Labute approximate surface area is 108 Å². The van der Waals surface area contributed by atoms with Crippen LogP contribution in [0.2, 0.25) is 0 Å². The van der Waals surface area contributed by atoms with Gasteiger partial charge in [0, 0.05) is 0 Å². The van der Waals surface area contributed by atoms with Gasteiger partial charge in [0.05, 0.1) is 25.7 Å². The number of hydrogen-bond donors (Lipinski definition) is 1. The van der Waals surface area contributed by atoms with E-state index in [-0.39, 0.29) is 24.6 Å². The Morgan fingerprint density at radius 1 is 1.50 bits per heavy atom. The van der Waals surface area contributed by atoms with E-state index in [4.69, 9.17) is 10.5 Å². The Kier molecular flexibility index (Phi) is 3.99. The lowest BCUT2D eigenvalue weighted by molar-refractivity contribution is -0.142. The van der Waals surface area contributed by atoms with Gasteiger partial charge in [-0.1, -0.05) is 24.3 Å². The molecule has 0 saturated carbocycles. The molecule has 4 nitrogen and oxygen atoms in total. The Bertz CT molecular complexity index is 434. The number of benzene rings is 1. The first-order valence-electron chi connectivity index (χ1n) is 6.30. The van der Waals surface area contributed by atoms with Crippen LogP contribution in [0.1, 0.15) is 24.2 Å². The van der Waals surface area contributed by atoms with E-state index in [9.17, 15) is 4.79 Å². The smallest absolute Gasteiger partial charge is 0.236 e. The molecule has 1 heterocycles. The van der Waals surface area contributed by atoms with Gasteiger partial charge in [-0.3, -0.25) is 4.79 Å². The van der Waals surface area contributed by atoms with Crippen LogP contribution in [0.15, 0.2) is 24.3 Å². The first kappa shape index (κ1) is 13.1. The van der Waals surface area contributed by atoms with Crippen molar-refractivity contribution >= 4 is 5.91 Å². The van der Waals surface area contributed by atoms with Crippen molar-refractivity contribution in [1.29, 1.82) is 0 Å². The Morgan fingerprint density at radius 2 is 2.22 bits per heavy atom. The summed E-state index contributed by atoms with van der Waals surface area (Å²) >= 11 is 0. The van der Waals surface area contributed by atoms with E-state index in [1.807, 2.05) is 24.0 Å². The van der Waals surface area contributed by atoms with Crippen LogP contribution in [0, 0.1) is 6.92 Å². The first-order chi connectivity index (χ1) is 8.63. The van der Waals surface area contributed by atoms with Gasteiger partial charge < -0.3 is 15.4 Å². The molecule has 0 spiro atoms. The molecule has 0 unspecified atom stereocenters. The maximum absolute atomic E-state index is 11.8. The molecule has 1 amide bonds. The summed E-state index contributed by atoms with van der Waals surface area (Å²) in [5, 5.41) is 0. The van der Waals surface area contributed by atoms with Crippen molar-refractivity contribution in [2.45, 2.75) is 26.0 Å². The summed E-state index contributed by atoms with van der Waals surface area (Å²) in [6.45, 7) is 5.26.